The highest BCUT2D eigenvalue weighted by molar-refractivity contribution is 7.09. The Hall–Kier alpha value is -1.18. The van der Waals surface area contributed by atoms with E-state index in [4.69, 9.17) is 9.47 Å². The molecule has 0 radical (unpaired) electrons. The van der Waals surface area contributed by atoms with Gasteiger partial charge in [0.2, 0.25) is 0 Å². The van der Waals surface area contributed by atoms with Gasteiger partial charge in [-0.15, -0.1) is 11.3 Å². The normalized spacial score (nSPS) is 23.1. The summed E-state index contributed by atoms with van der Waals surface area (Å²) in [6.45, 7) is 9.23. The molecule has 1 saturated heterocycles. The molecule has 1 aromatic heterocycles. The average Bonchev–Trinajstić information content (AvgIpc) is 2.92. The maximum atomic E-state index is 12.5. The molecule has 21 heavy (non-hydrogen) atoms. The summed E-state index contributed by atoms with van der Waals surface area (Å²) in [5, 5.41) is 12.8. The molecular weight excluding hydrogens is 292 g/mol. The van der Waals surface area contributed by atoms with Gasteiger partial charge >= 0.3 is 6.09 Å². The molecule has 1 aliphatic rings. The van der Waals surface area contributed by atoms with Crippen LogP contribution in [-0.4, -0.2) is 45.1 Å². The summed E-state index contributed by atoms with van der Waals surface area (Å²) in [7, 11) is 0. The lowest BCUT2D eigenvalue weighted by Gasteiger charge is -2.36. The number of hydrogen-bond donors (Lipinski definition) is 1. The van der Waals surface area contributed by atoms with Gasteiger partial charge in [-0.3, -0.25) is 4.90 Å². The standard InChI is InChI=1S/C14H22N2O4S/c1-13(2,3)20-12(18)16-9(8-19-14(16,4)5)10(17)11-15-6-7-21-11/h6-7,9-10,17H,8H2,1-5H3/t9-,10-/m1/s1. The largest absolute Gasteiger partial charge is 0.444 e. The van der Waals surface area contributed by atoms with Gasteiger partial charge in [-0.25, -0.2) is 9.78 Å². The predicted molar refractivity (Wildman–Crippen MR) is 79.0 cm³/mol. The van der Waals surface area contributed by atoms with E-state index in [0.717, 1.165) is 0 Å². The fraction of sp³-hybridized carbons (Fsp3) is 0.714. The zero-order valence-corrected chi connectivity index (χ0v) is 13.8. The summed E-state index contributed by atoms with van der Waals surface area (Å²) < 4.78 is 11.1. The van der Waals surface area contributed by atoms with Crippen LogP contribution in [0.3, 0.4) is 0 Å². The summed E-state index contributed by atoms with van der Waals surface area (Å²) in [5.74, 6) is 0. The summed E-state index contributed by atoms with van der Waals surface area (Å²) >= 11 is 1.35. The lowest BCUT2D eigenvalue weighted by molar-refractivity contribution is -0.0679. The highest BCUT2D eigenvalue weighted by atomic mass is 32.1. The molecule has 1 fully saturated rings. The smallest absolute Gasteiger partial charge is 0.413 e. The number of hydrogen-bond acceptors (Lipinski definition) is 6. The van der Waals surface area contributed by atoms with E-state index in [0.29, 0.717) is 5.01 Å². The molecule has 0 aliphatic carbocycles. The molecule has 1 aliphatic heterocycles. The molecule has 118 valence electrons. The Morgan fingerprint density at radius 1 is 1.62 bits per heavy atom. The van der Waals surface area contributed by atoms with Crippen molar-refractivity contribution in [2.45, 2.75) is 58.1 Å². The molecule has 1 aromatic rings. The number of ether oxygens (including phenoxy) is 2. The van der Waals surface area contributed by atoms with Crippen LogP contribution >= 0.6 is 11.3 Å². The number of amides is 1. The van der Waals surface area contributed by atoms with E-state index in [9.17, 15) is 9.90 Å². The van der Waals surface area contributed by atoms with Crippen LogP contribution in [0.2, 0.25) is 0 Å². The van der Waals surface area contributed by atoms with Crippen molar-refractivity contribution in [3.63, 3.8) is 0 Å². The van der Waals surface area contributed by atoms with Crippen molar-refractivity contribution in [2.24, 2.45) is 0 Å². The third-order valence-electron chi connectivity index (χ3n) is 3.18. The zero-order valence-electron chi connectivity index (χ0n) is 13.0. The number of carbonyl (C=O) groups is 1. The van der Waals surface area contributed by atoms with Gasteiger partial charge in [-0.2, -0.15) is 0 Å². The SMILES string of the molecule is CC(C)(C)OC(=O)N1[C@@H]([C@@H](O)c2nccs2)COC1(C)C. The Kier molecular flexibility index (Phi) is 4.28. The Morgan fingerprint density at radius 2 is 2.29 bits per heavy atom. The lowest BCUT2D eigenvalue weighted by Crippen LogP contribution is -2.51. The maximum Gasteiger partial charge on any atom is 0.413 e. The van der Waals surface area contributed by atoms with Crippen LogP contribution in [0.25, 0.3) is 0 Å². The van der Waals surface area contributed by atoms with Gasteiger partial charge in [0.15, 0.2) is 0 Å². The van der Waals surface area contributed by atoms with Crippen molar-refractivity contribution in [1.82, 2.24) is 9.88 Å². The molecule has 0 spiro atoms. The van der Waals surface area contributed by atoms with Gasteiger partial charge in [0.05, 0.1) is 12.6 Å². The van der Waals surface area contributed by atoms with Crippen LogP contribution in [0.5, 0.6) is 0 Å². The second kappa shape index (κ2) is 5.55. The quantitative estimate of drug-likeness (QED) is 0.908. The van der Waals surface area contributed by atoms with Crippen molar-refractivity contribution in [3.05, 3.63) is 16.6 Å². The van der Waals surface area contributed by atoms with Gasteiger partial charge < -0.3 is 14.6 Å². The van der Waals surface area contributed by atoms with Crippen LogP contribution in [0.1, 0.15) is 45.7 Å². The fourth-order valence-electron chi connectivity index (χ4n) is 2.28. The van der Waals surface area contributed by atoms with E-state index in [-0.39, 0.29) is 6.61 Å². The molecule has 0 bridgehead atoms. The second-order valence-electron chi connectivity index (χ2n) is 6.49. The van der Waals surface area contributed by atoms with Crippen LogP contribution in [-0.2, 0) is 9.47 Å². The predicted octanol–water partition coefficient (Wildman–Crippen LogP) is 2.55. The number of aromatic nitrogens is 1. The number of aliphatic hydroxyl groups excluding tert-OH is 1. The summed E-state index contributed by atoms with van der Waals surface area (Å²) in [4.78, 5) is 18.0. The van der Waals surface area contributed by atoms with Gasteiger partial charge in [0.1, 0.15) is 22.4 Å². The van der Waals surface area contributed by atoms with Crippen molar-refractivity contribution in [2.75, 3.05) is 6.61 Å². The van der Waals surface area contributed by atoms with Gasteiger partial charge in [0, 0.05) is 11.6 Å². The number of nitrogens with zero attached hydrogens (tertiary/aromatic N) is 2. The first-order chi connectivity index (χ1) is 9.62. The second-order valence-corrected chi connectivity index (χ2v) is 7.42. The van der Waals surface area contributed by atoms with Crippen molar-refractivity contribution >= 4 is 17.4 Å². The van der Waals surface area contributed by atoms with E-state index in [2.05, 4.69) is 4.98 Å². The minimum absolute atomic E-state index is 0.243. The number of aliphatic hydroxyl groups is 1. The van der Waals surface area contributed by atoms with Crippen LogP contribution < -0.4 is 0 Å². The molecular formula is C14H22N2O4S. The molecule has 2 heterocycles. The Labute approximate surface area is 128 Å². The third-order valence-corrected chi connectivity index (χ3v) is 4.02. The zero-order chi connectivity index (χ0) is 15.8. The monoisotopic (exact) mass is 314 g/mol. The van der Waals surface area contributed by atoms with Crippen molar-refractivity contribution < 1.29 is 19.4 Å². The third kappa shape index (κ3) is 3.53. The Bertz CT molecular complexity index is 496. The molecule has 2 rings (SSSR count). The average molecular weight is 314 g/mol. The van der Waals surface area contributed by atoms with E-state index < -0.39 is 29.6 Å². The van der Waals surface area contributed by atoms with Gasteiger partial charge in [-0.05, 0) is 34.6 Å². The van der Waals surface area contributed by atoms with Gasteiger partial charge in [-0.1, -0.05) is 0 Å². The van der Waals surface area contributed by atoms with E-state index in [1.165, 1.54) is 16.2 Å². The molecule has 6 nitrogen and oxygen atoms in total. The van der Waals surface area contributed by atoms with E-state index in [1.807, 2.05) is 0 Å². The maximum absolute atomic E-state index is 12.5. The first-order valence-electron chi connectivity index (χ1n) is 6.85. The highest BCUT2D eigenvalue weighted by Crippen LogP contribution is 2.35. The Balaban J connectivity index is 2.23. The fourth-order valence-corrected chi connectivity index (χ4v) is 2.96. The van der Waals surface area contributed by atoms with E-state index >= 15 is 0 Å². The number of rotatable bonds is 2. The molecule has 0 unspecified atom stereocenters. The number of carbonyl (C=O) groups excluding carboxylic acids is 1. The minimum Gasteiger partial charge on any atom is -0.444 e. The first kappa shape index (κ1) is 16.2. The van der Waals surface area contributed by atoms with Crippen molar-refractivity contribution in [1.29, 1.82) is 0 Å². The van der Waals surface area contributed by atoms with Crippen LogP contribution in [0.4, 0.5) is 4.79 Å². The molecule has 1 N–H and O–H groups in total. The molecule has 2 atom stereocenters. The summed E-state index contributed by atoms with van der Waals surface area (Å²) in [6, 6.07) is -0.513. The minimum atomic E-state index is -0.890. The molecule has 0 saturated carbocycles. The Morgan fingerprint density at radius 3 is 2.81 bits per heavy atom. The van der Waals surface area contributed by atoms with Crippen molar-refractivity contribution in [3.8, 4) is 0 Å². The first-order valence-corrected chi connectivity index (χ1v) is 7.73. The molecule has 7 heteroatoms. The lowest BCUT2D eigenvalue weighted by atomic mass is 10.1. The van der Waals surface area contributed by atoms with Crippen LogP contribution in [0.15, 0.2) is 11.6 Å². The summed E-state index contributed by atoms with van der Waals surface area (Å²) in [6.07, 6.45) is 0.243. The van der Waals surface area contributed by atoms with E-state index in [1.54, 1.807) is 46.2 Å². The van der Waals surface area contributed by atoms with Crippen LogP contribution in [0, 0.1) is 0 Å². The molecule has 0 aromatic carbocycles. The van der Waals surface area contributed by atoms with Gasteiger partial charge in [0.25, 0.3) is 0 Å². The molecule has 1 amide bonds. The summed E-state index contributed by atoms with van der Waals surface area (Å²) in [5.41, 5.74) is -1.43. The highest BCUT2D eigenvalue weighted by Gasteiger charge is 2.49. The number of thiazole rings is 1. The topological polar surface area (TPSA) is 71.9 Å².